The molecule has 0 bridgehead atoms. The predicted octanol–water partition coefficient (Wildman–Crippen LogP) is 2.39. The smallest absolute Gasteiger partial charge is 0.0928 e. The number of rotatable bonds is 3. The van der Waals surface area contributed by atoms with Gasteiger partial charge in [0, 0.05) is 0 Å². The summed E-state index contributed by atoms with van der Waals surface area (Å²) < 4.78 is 22.3. The molecule has 0 aliphatic heterocycles. The molecule has 0 aromatic carbocycles. The van der Waals surface area contributed by atoms with Gasteiger partial charge in [-0.25, -0.2) is 4.39 Å². The molecule has 0 atom stereocenters. The highest BCUT2D eigenvalue weighted by Crippen LogP contribution is 1.84. The molecule has 0 nitrogen and oxygen atoms in total. The van der Waals surface area contributed by atoms with Crippen LogP contribution in [-0.2, 0) is 0 Å². The van der Waals surface area contributed by atoms with E-state index < -0.39 is 0 Å². The molecule has 0 saturated heterocycles. The second-order valence-corrected chi connectivity index (χ2v) is 1.22. The van der Waals surface area contributed by atoms with E-state index in [-0.39, 0.29) is 6.67 Å². The summed E-state index contributed by atoms with van der Waals surface area (Å²) in [5, 5.41) is 0. The minimum absolute atomic E-state index is 0.365. The Bertz CT molecular complexity index is 84.5. The van der Waals surface area contributed by atoms with Gasteiger partial charge in [0.2, 0.25) is 0 Å². The first-order valence-electron chi connectivity index (χ1n) is 2.39. The van der Waals surface area contributed by atoms with E-state index in [1.54, 1.807) is 6.08 Å². The lowest BCUT2D eigenvalue weighted by atomic mass is 10.4. The minimum Gasteiger partial charge on any atom is -0.251 e. The average Bonchev–Trinajstić information content (AvgIpc) is 1.81. The van der Waals surface area contributed by atoms with E-state index in [0.29, 0.717) is 12.8 Å². The lowest BCUT2D eigenvalue weighted by Crippen LogP contribution is -1.64. The maximum atomic E-state index is 11.3. The van der Waals surface area contributed by atoms with Crippen molar-refractivity contribution >= 4 is 0 Å². The van der Waals surface area contributed by atoms with E-state index in [2.05, 4.69) is 0 Å². The fourth-order valence-corrected chi connectivity index (χ4v) is 0.280. The van der Waals surface area contributed by atoms with E-state index in [1.165, 1.54) is 12.2 Å². The van der Waals surface area contributed by atoms with Gasteiger partial charge >= 0.3 is 0 Å². The monoisotopic (exact) mass is 118 g/mol. The van der Waals surface area contributed by atoms with Crippen LogP contribution in [0, 0.1) is 0 Å². The van der Waals surface area contributed by atoms with E-state index in [9.17, 15) is 8.78 Å². The first-order valence-corrected chi connectivity index (χ1v) is 2.39. The van der Waals surface area contributed by atoms with Gasteiger partial charge in [-0.1, -0.05) is 12.2 Å². The minimum atomic E-state index is -0.378. The van der Waals surface area contributed by atoms with Gasteiger partial charge in [0.25, 0.3) is 0 Å². The zero-order valence-corrected chi connectivity index (χ0v) is 4.48. The molecule has 0 unspecified atom stereocenters. The van der Waals surface area contributed by atoms with Gasteiger partial charge in [0.1, 0.15) is 0 Å². The molecule has 0 heterocycles. The molecule has 46 valence electrons. The van der Waals surface area contributed by atoms with Crippen molar-refractivity contribution in [3.63, 3.8) is 0 Å². The summed E-state index contributed by atoms with van der Waals surface area (Å²) in [7, 11) is 0. The first kappa shape index (κ1) is 7.34. The van der Waals surface area contributed by atoms with Crippen LogP contribution in [0.4, 0.5) is 8.78 Å². The Hall–Kier alpha value is -0.660. The molecule has 0 spiro atoms. The molecule has 0 radical (unpaired) electrons. The first-order chi connectivity index (χ1) is 3.91. The third-order valence-electron chi connectivity index (χ3n) is 0.596. The second-order valence-electron chi connectivity index (χ2n) is 1.22. The Morgan fingerprint density at radius 1 is 1.25 bits per heavy atom. The van der Waals surface area contributed by atoms with Crippen molar-refractivity contribution in [2.75, 3.05) is 6.67 Å². The molecule has 2 heteroatoms. The van der Waals surface area contributed by atoms with Crippen molar-refractivity contribution in [3.05, 3.63) is 24.6 Å². The van der Waals surface area contributed by atoms with Gasteiger partial charge in [-0.15, -0.1) is 0 Å². The SMILES string of the molecule is FC=CC=CCCF. The van der Waals surface area contributed by atoms with Gasteiger partial charge in [0.15, 0.2) is 0 Å². The Kier molecular flexibility index (Phi) is 5.82. The van der Waals surface area contributed by atoms with Gasteiger partial charge in [-0.2, -0.15) is 0 Å². The molecule has 0 fully saturated rings. The molecule has 0 rings (SSSR count). The summed E-state index contributed by atoms with van der Waals surface area (Å²) in [6, 6.07) is 0. The van der Waals surface area contributed by atoms with E-state index in [0.717, 1.165) is 0 Å². The van der Waals surface area contributed by atoms with Crippen LogP contribution in [0.1, 0.15) is 6.42 Å². The summed E-state index contributed by atoms with van der Waals surface area (Å²) in [6.45, 7) is -0.378. The number of halogens is 2. The van der Waals surface area contributed by atoms with Crippen LogP contribution in [-0.4, -0.2) is 6.67 Å². The van der Waals surface area contributed by atoms with Gasteiger partial charge in [0.05, 0.1) is 13.0 Å². The number of hydrogen-bond acceptors (Lipinski definition) is 0. The molecular weight excluding hydrogens is 110 g/mol. The standard InChI is InChI=1S/C6H8F2/c7-5-3-1-2-4-6-8/h1-3,5H,4,6H2. The van der Waals surface area contributed by atoms with E-state index >= 15 is 0 Å². The zero-order chi connectivity index (χ0) is 6.24. The van der Waals surface area contributed by atoms with Gasteiger partial charge < -0.3 is 0 Å². The maximum absolute atomic E-state index is 11.3. The Labute approximate surface area is 47.5 Å². The van der Waals surface area contributed by atoms with Crippen molar-refractivity contribution < 1.29 is 8.78 Å². The molecule has 0 saturated carbocycles. The molecule has 0 aliphatic carbocycles. The third-order valence-corrected chi connectivity index (χ3v) is 0.596. The highest BCUT2D eigenvalue weighted by Gasteiger charge is 1.70. The molecule has 0 aliphatic rings. The summed E-state index contributed by atoms with van der Waals surface area (Å²) >= 11 is 0. The fourth-order valence-electron chi connectivity index (χ4n) is 0.280. The summed E-state index contributed by atoms with van der Waals surface area (Å²) in [5.74, 6) is 0. The Morgan fingerprint density at radius 3 is 2.50 bits per heavy atom. The zero-order valence-electron chi connectivity index (χ0n) is 4.48. The van der Waals surface area contributed by atoms with Crippen LogP contribution in [0.2, 0.25) is 0 Å². The lowest BCUT2D eigenvalue weighted by molar-refractivity contribution is 0.501. The molecule has 0 aromatic rings. The van der Waals surface area contributed by atoms with Crippen LogP contribution in [0.15, 0.2) is 24.6 Å². The van der Waals surface area contributed by atoms with Crippen LogP contribution < -0.4 is 0 Å². The largest absolute Gasteiger partial charge is 0.251 e. The quantitative estimate of drug-likeness (QED) is 0.499. The molecule has 8 heavy (non-hydrogen) atoms. The van der Waals surface area contributed by atoms with Crippen molar-refractivity contribution in [2.45, 2.75) is 6.42 Å². The molecule has 0 N–H and O–H groups in total. The molecule has 0 amide bonds. The number of alkyl halides is 1. The molecular formula is C6H8F2. The summed E-state index contributed by atoms with van der Waals surface area (Å²) in [4.78, 5) is 0. The highest BCUT2D eigenvalue weighted by atomic mass is 19.1. The van der Waals surface area contributed by atoms with E-state index in [1.807, 2.05) is 0 Å². The number of allylic oxidation sites excluding steroid dienone is 3. The summed E-state index contributed by atoms with van der Waals surface area (Å²) in [5.41, 5.74) is 0. The second kappa shape index (κ2) is 6.34. The van der Waals surface area contributed by atoms with Crippen molar-refractivity contribution in [1.29, 1.82) is 0 Å². The topological polar surface area (TPSA) is 0 Å². The van der Waals surface area contributed by atoms with E-state index in [4.69, 9.17) is 0 Å². The third kappa shape index (κ3) is 5.34. The number of hydrogen-bond donors (Lipinski definition) is 0. The van der Waals surface area contributed by atoms with Gasteiger partial charge in [-0.3, -0.25) is 4.39 Å². The normalized spacial score (nSPS) is 11.8. The van der Waals surface area contributed by atoms with Crippen molar-refractivity contribution in [3.8, 4) is 0 Å². The molecule has 0 aromatic heterocycles. The van der Waals surface area contributed by atoms with Crippen LogP contribution in [0.5, 0.6) is 0 Å². The Morgan fingerprint density at radius 2 is 2.00 bits per heavy atom. The Balaban J connectivity index is 3.07. The summed E-state index contributed by atoms with van der Waals surface area (Å²) in [6.07, 6.45) is 5.03. The van der Waals surface area contributed by atoms with Crippen molar-refractivity contribution in [2.24, 2.45) is 0 Å². The highest BCUT2D eigenvalue weighted by molar-refractivity contribution is 4.98. The van der Waals surface area contributed by atoms with Crippen molar-refractivity contribution in [1.82, 2.24) is 0 Å². The van der Waals surface area contributed by atoms with Gasteiger partial charge in [-0.05, 0) is 12.5 Å². The maximum Gasteiger partial charge on any atom is 0.0928 e. The van der Waals surface area contributed by atoms with Crippen LogP contribution in [0.25, 0.3) is 0 Å². The van der Waals surface area contributed by atoms with Crippen LogP contribution >= 0.6 is 0 Å². The average molecular weight is 118 g/mol. The predicted molar refractivity (Wildman–Crippen MR) is 30.0 cm³/mol. The van der Waals surface area contributed by atoms with Crippen LogP contribution in [0.3, 0.4) is 0 Å². The fraction of sp³-hybridized carbons (Fsp3) is 0.333. The lowest BCUT2D eigenvalue weighted by Gasteiger charge is -1.75.